The van der Waals surface area contributed by atoms with E-state index in [9.17, 15) is 13.2 Å². The minimum absolute atomic E-state index is 0.119. The van der Waals surface area contributed by atoms with Crippen LogP contribution in [0.1, 0.15) is 24.9 Å². The van der Waals surface area contributed by atoms with Gasteiger partial charge in [0.25, 0.3) is 0 Å². The Labute approximate surface area is 168 Å². The summed E-state index contributed by atoms with van der Waals surface area (Å²) in [6.45, 7) is 1.84. The van der Waals surface area contributed by atoms with E-state index in [1.54, 1.807) is 11.0 Å². The van der Waals surface area contributed by atoms with E-state index >= 15 is 0 Å². The maximum Gasteiger partial charge on any atom is 0.221 e. The number of hydrogen-bond acceptors (Lipinski definition) is 5. The second-order valence-corrected chi connectivity index (χ2v) is 8.79. The van der Waals surface area contributed by atoms with Crippen molar-refractivity contribution < 1.29 is 13.2 Å². The summed E-state index contributed by atoms with van der Waals surface area (Å²) in [4.78, 5) is 16.2. The average molecular weight is 419 g/mol. The summed E-state index contributed by atoms with van der Waals surface area (Å²) in [6, 6.07) is 13.2. The van der Waals surface area contributed by atoms with Gasteiger partial charge in [0.2, 0.25) is 5.91 Å². The number of carbonyl (C=O) groups is 1. The van der Waals surface area contributed by atoms with Gasteiger partial charge in [0, 0.05) is 11.4 Å². The highest BCUT2D eigenvalue weighted by Crippen LogP contribution is 2.17. The number of nitrogens with one attached hydrogen (secondary N) is 1. The fourth-order valence-electron chi connectivity index (χ4n) is 2.64. The van der Waals surface area contributed by atoms with Crippen molar-refractivity contribution in [1.82, 2.24) is 20.1 Å². The quantitative estimate of drug-likeness (QED) is 0.636. The molecule has 1 aromatic heterocycles. The van der Waals surface area contributed by atoms with E-state index in [0.717, 1.165) is 11.3 Å². The van der Waals surface area contributed by atoms with Gasteiger partial charge in [-0.2, -0.15) is 5.10 Å². The molecule has 0 saturated heterocycles. The summed E-state index contributed by atoms with van der Waals surface area (Å²) >= 11 is 5.78. The average Bonchev–Trinajstić information content (AvgIpc) is 3.22. The summed E-state index contributed by atoms with van der Waals surface area (Å²) in [7, 11) is -3.54. The molecule has 28 heavy (non-hydrogen) atoms. The minimum Gasteiger partial charge on any atom is -0.350 e. The minimum atomic E-state index is -3.54. The van der Waals surface area contributed by atoms with Crippen molar-refractivity contribution >= 4 is 27.3 Å². The zero-order chi connectivity index (χ0) is 20.1. The van der Waals surface area contributed by atoms with Crippen molar-refractivity contribution in [3.63, 3.8) is 0 Å². The van der Waals surface area contributed by atoms with E-state index in [0.29, 0.717) is 5.02 Å². The van der Waals surface area contributed by atoms with E-state index < -0.39 is 9.84 Å². The van der Waals surface area contributed by atoms with Crippen LogP contribution in [0.25, 0.3) is 5.69 Å². The van der Waals surface area contributed by atoms with Crippen LogP contribution < -0.4 is 5.32 Å². The highest BCUT2D eigenvalue weighted by atomic mass is 35.5. The first-order chi connectivity index (χ1) is 13.3. The molecule has 1 amide bonds. The van der Waals surface area contributed by atoms with Crippen molar-refractivity contribution in [2.24, 2.45) is 0 Å². The summed E-state index contributed by atoms with van der Waals surface area (Å²) in [6.07, 6.45) is 2.93. The van der Waals surface area contributed by atoms with Crippen LogP contribution in [-0.4, -0.2) is 34.8 Å². The van der Waals surface area contributed by atoms with Gasteiger partial charge in [-0.25, -0.2) is 18.1 Å². The second kappa shape index (κ2) is 8.53. The van der Waals surface area contributed by atoms with E-state index in [-0.39, 0.29) is 29.0 Å². The Balaban J connectivity index is 1.56. The molecule has 0 saturated carbocycles. The number of carbonyl (C=O) groups excluding carboxylic acids is 1. The molecule has 0 aliphatic heterocycles. The Hall–Kier alpha value is -2.71. The zero-order valence-electron chi connectivity index (χ0n) is 15.1. The van der Waals surface area contributed by atoms with E-state index in [4.69, 9.17) is 11.6 Å². The van der Waals surface area contributed by atoms with Crippen molar-refractivity contribution in [2.75, 3.05) is 5.75 Å². The monoisotopic (exact) mass is 418 g/mol. The molecule has 0 bridgehead atoms. The largest absolute Gasteiger partial charge is 0.350 e. The fraction of sp³-hybridized carbons (Fsp3) is 0.211. The topological polar surface area (TPSA) is 94.0 Å². The maximum atomic E-state index is 12.3. The van der Waals surface area contributed by atoms with Gasteiger partial charge in [0.05, 0.1) is 22.4 Å². The molecule has 7 nitrogen and oxygen atoms in total. The van der Waals surface area contributed by atoms with Gasteiger partial charge in [-0.1, -0.05) is 23.7 Å². The number of nitrogens with zero attached hydrogens (tertiary/aromatic N) is 3. The first-order valence-electron chi connectivity index (χ1n) is 8.58. The molecule has 0 spiro atoms. The van der Waals surface area contributed by atoms with Gasteiger partial charge in [-0.15, -0.1) is 0 Å². The van der Waals surface area contributed by atoms with Crippen LogP contribution in [0.4, 0.5) is 0 Å². The second-order valence-electron chi connectivity index (χ2n) is 6.24. The van der Waals surface area contributed by atoms with Crippen molar-refractivity contribution in [1.29, 1.82) is 0 Å². The Morgan fingerprint density at radius 2 is 1.82 bits per heavy atom. The van der Waals surface area contributed by atoms with Gasteiger partial charge in [-0.3, -0.25) is 4.79 Å². The van der Waals surface area contributed by atoms with Crippen LogP contribution in [0.2, 0.25) is 5.02 Å². The number of amides is 1. The molecular weight excluding hydrogens is 400 g/mol. The molecule has 0 radical (unpaired) electrons. The smallest absolute Gasteiger partial charge is 0.221 e. The molecule has 0 aliphatic carbocycles. The summed E-state index contributed by atoms with van der Waals surface area (Å²) in [5, 5.41) is 7.34. The maximum absolute atomic E-state index is 12.3. The lowest BCUT2D eigenvalue weighted by Crippen LogP contribution is -2.28. The Morgan fingerprint density at radius 1 is 1.14 bits per heavy atom. The van der Waals surface area contributed by atoms with E-state index in [1.165, 1.54) is 30.6 Å². The lowest BCUT2D eigenvalue weighted by Gasteiger charge is -2.15. The number of sulfone groups is 1. The molecule has 2 aromatic carbocycles. The molecule has 1 unspecified atom stereocenters. The molecule has 0 aliphatic rings. The SMILES string of the molecule is CC(NC(=O)CCS(=O)(=O)c1ccc(Cl)cc1)c1ccc(-n2cncn2)cc1. The molecule has 1 N–H and O–H groups in total. The number of benzene rings is 2. The third-order valence-corrected chi connectivity index (χ3v) is 6.21. The third-order valence-electron chi connectivity index (χ3n) is 4.22. The molecule has 9 heteroatoms. The summed E-state index contributed by atoms with van der Waals surface area (Å²) < 4.78 is 26.3. The van der Waals surface area contributed by atoms with Gasteiger partial charge >= 0.3 is 0 Å². The highest BCUT2D eigenvalue weighted by Gasteiger charge is 2.17. The van der Waals surface area contributed by atoms with Crippen LogP contribution in [-0.2, 0) is 14.6 Å². The Bertz CT molecular complexity index is 1030. The molecule has 1 heterocycles. The van der Waals surface area contributed by atoms with Crippen LogP contribution in [0.3, 0.4) is 0 Å². The molecular formula is C19H19ClN4O3S. The first-order valence-corrected chi connectivity index (χ1v) is 10.6. The lowest BCUT2D eigenvalue weighted by molar-refractivity contribution is -0.121. The van der Waals surface area contributed by atoms with Crippen LogP contribution in [0, 0.1) is 0 Å². The predicted molar refractivity (Wildman–Crippen MR) is 106 cm³/mol. The van der Waals surface area contributed by atoms with Crippen LogP contribution in [0.15, 0.2) is 66.1 Å². The van der Waals surface area contributed by atoms with Crippen molar-refractivity contribution in [3.8, 4) is 5.69 Å². The van der Waals surface area contributed by atoms with E-state index in [1.807, 2.05) is 31.2 Å². The first kappa shape index (κ1) is 20.0. The van der Waals surface area contributed by atoms with Gasteiger partial charge < -0.3 is 5.32 Å². The van der Waals surface area contributed by atoms with E-state index in [2.05, 4.69) is 15.4 Å². The Morgan fingerprint density at radius 3 is 2.43 bits per heavy atom. The van der Waals surface area contributed by atoms with Gasteiger partial charge in [0.1, 0.15) is 12.7 Å². The van der Waals surface area contributed by atoms with Crippen molar-refractivity contribution in [3.05, 3.63) is 71.8 Å². The molecule has 0 fully saturated rings. The van der Waals surface area contributed by atoms with Crippen LogP contribution in [0.5, 0.6) is 0 Å². The van der Waals surface area contributed by atoms with Gasteiger partial charge in [0.15, 0.2) is 9.84 Å². The normalized spacial score (nSPS) is 12.5. The summed E-state index contributed by atoms with van der Waals surface area (Å²) in [5.74, 6) is -0.594. The molecule has 3 rings (SSSR count). The molecule has 146 valence electrons. The fourth-order valence-corrected chi connectivity index (χ4v) is 4.01. The molecule has 1 atom stereocenters. The zero-order valence-corrected chi connectivity index (χ0v) is 16.7. The summed E-state index contributed by atoms with van der Waals surface area (Å²) in [5.41, 5.74) is 1.76. The van der Waals surface area contributed by atoms with Crippen molar-refractivity contribution in [2.45, 2.75) is 24.3 Å². The van der Waals surface area contributed by atoms with Crippen LogP contribution >= 0.6 is 11.6 Å². The third kappa shape index (κ3) is 4.96. The van der Waals surface area contributed by atoms with Gasteiger partial charge in [-0.05, 0) is 48.9 Å². The number of aromatic nitrogens is 3. The predicted octanol–water partition coefficient (Wildman–Crippen LogP) is 2.96. The number of rotatable bonds is 7. The highest BCUT2D eigenvalue weighted by molar-refractivity contribution is 7.91. The molecule has 3 aromatic rings. The number of hydrogen-bond donors (Lipinski definition) is 1. The Kier molecular flexibility index (Phi) is 6.11. The standard InChI is InChI=1S/C19H19ClN4O3S/c1-14(15-2-6-17(7-3-15)24-13-21-12-22-24)23-19(25)10-11-28(26,27)18-8-4-16(20)5-9-18/h2-9,12-14H,10-11H2,1H3,(H,23,25). The number of halogens is 1. The lowest BCUT2D eigenvalue weighted by atomic mass is 10.1.